The number of rotatable bonds is 7. The zero-order chi connectivity index (χ0) is 61.8. The van der Waals surface area contributed by atoms with Crippen molar-refractivity contribution in [2.24, 2.45) is 0 Å². The number of anilines is 9. The molecule has 1 aliphatic carbocycles. The standard InChI is InChI=1S/C84H79BN4/c1-52-44-77-79-78(45-52)89(80-53(2)46-56(47-54(80)3)55-28-40-66-65-24-18-20-26-69(65)84(13,14)70(66)48-55)74-43-33-59(83(10,11)12)49-72(74)85(79)71-42-39-64(51-76(71)88(77)62-36-31-58(32-37-62)82(7,8)9)86(61-34-29-57(30-35-61)81(4,5)6)63-38-41-68-67-25-19-21-27-73(67)87(75(68)50-63)60-22-16-15-17-23-60/h15-51H,1-14H3. The van der Waals surface area contributed by atoms with Crippen LogP contribution in [0.25, 0.3) is 49.7 Å². The van der Waals surface area contributed by atoms with E-state index in [4.69, 9.17) is 0 Å². The number of benzene rings is 11. The van der Waals surface area contributed by atoms with E-state index in [1.165, 1.54) is 133 Å². The van der Waals surface area contributed by atoms with Gasteiger partial charge in [-0.05, 0) is 223 Å². The quantitative estimate of drug-likeness (QED) is 0.148. The van der Waals surface area contributed by atoms with Gasteiger partial charge in [0.15, 0.2) is 0 Å². The fourth-order valence-electron chi connectivity index (χ4n) is 15.2. The normalized spacial score (nSPS) is 14.0. The summed E-state index contributed by atoms with van der Waals surface area (Å²) in [5, 5.41) is 2.47. The molecule has 5 heteroatoms. The minimum atomic E-state index is -0.0892. The smallest absolute Gasteiger partial charge is 0.252 e. The molecule has 0 radical (unpaired) electrons. The molecule has 0 unspecified atom stereocenters. The van der Waals surface area contributed by atoms with Gasteiger partial charge in [-0.1, -0.05) is 197 Å². The number of aryl methyl sites for hydroxylation is 3. The Morgan fingerprint density at radius 3 is 1.65 bits per heavy atom. The lowest BCUT2D eigenvalue weighted by atomic mass is 9.33. The number of nitrogens with zero attached hydrogens (tertiary/aromatic N) is 4. The third-order valence-corrected chi connectivity index (χ3v) is 19.9. The van der Waals surface area contributed by atoms with Crippen molar-refractivity contribution in [1.82, 2.24) is 4.57 Å². The van der Waals surface area contributed by atoms with Crippen LogP contribution in [-0.4, -0.2) is 11.3 Å². The number of fused-ring (bicyclic) bond motifs is 10. The van der Waals surface area contributed by atoms with Crippen molar-refractivity contribution in [3.05, 3.63) is 269 Å². The first-order valence-electron chi connectivity index (χ1n) is 32.0. The Bertz CT molecular complexity index is 4820. The second-order valence-electron chi connectivity index (χ2n) is 29.3. The molecule has 89 heavy (non-hydrogen) atoms. The molecule has 4 nitrogen and oxygen atoms in total. The Hall–Kier alpha value is -9.32. The van der Waals surface area contributed by atoms with E-state index in [0.29, 0.717) is 0 Å². The lowest BCUT2D eigenvalue weighted by molar-refractivity contribution is 0.590. The van der Waals surface area contributed by atoms with Gasteiger partial charge in [0, 0.05) is 67.4 Å². The van der Waals surface area contributed by atoms with Crippen molar-refractivity contribution >= 4 is 96.1 Å². The van der Waals surface area contributed by atoms with Crippen molar-refractivity contribution in [3.63, 3.8) is 0 Å². The van der Waals surface area contributed by atoms with Gasteiger partial charge < -0.3 is 19.3 Å². The van der Waals surface area contributed by atoms with E-state index in [2.05, 4.69) is 341 Å². The minimum Gasteiger partial charge on any atom is -0.311 e. The number of para-hydroxylation sites is 2. The molecule has 3 heterocycles. The summed E-state index contributed by atoms with van der Waals surface area (Å²) in [5.74, 6) is 0. The molecule has 1 aromatic heterocycles. The van der Waals surface area contributed by atoms with Crippen LogP contribution < -0.4 is 31.1 Å². The minimum absolute atomic E-state index is 0.00811. The summed E-state index contributed by atoms with van der Waals surface area (Å²) in [6.07, 6.45) is 0. The Balaban J connectivity index is 0.952. The van der Waals surface area contributed by atoms with Crippen LogP contribution in [0.4, 0.5) is 51.2 Å². The predicted octanol–water partition coefficient (Wildman–Crippen LogP) is 21.1. The van der Waals surface area contributed by atoms with Gasteiger partial charge >= 0.3 is 0 Å². The molecule has 3 aliphatic rings. The van der Waals surface area contributed by atoms with Crippen LogP contribution in [0.5, 0.6) is 0 Å². The first kappa shape index (κ1) is 56.2. The summed E-state index contributed by atoms with van der Waals surface area (Å²) in [5.41, 5.74) is 33.3. The van der Waals surface area contributed by atoms with Crippen LogP contribution in [-0.2, 0) is 21.7 Å². The third-order valence-electron chi connectivity index (χ3n) is 19.9. The molecule has 438 valence electrons. The van der Waals surface area contributed by atoms with Gasteiger partial charge in [-0.25, -0.2) is 0 Å². The molecule has 0 saturated heterocycles. The fourth-order valence-corrected chi connectivity index (χ4v) is 15.2. The molecule has 11 aromatic carbocycles. The molecule has 0 spiro atoms. The van der Waals surface area contributed by atoms with E-state index in [1.807, 2.05) is 0 Å². The molecular weight excluding hydrogens is 1080 g/mol. The van der Waals surface area contributed by atoms with E-state index in [9.17, 15) is 0 Å². The Morgan fingerprint density at radius 1 is 0.382 bits per heavy atom. The summed E-state index contributed by atoms with van der Waals surface area (Å²) < 4.78 is 2.43. The van der Waals surface area contributed by atoms with Crippen LogP contribution in [0.3, 0.4) is 0 Å². The topological polar surface area (TPSA) is 14.7 Å². The Morgan fingerprint density at radius 2 is 0.955 bits per heavy atom. The maximum atomic E-state index is 2.63. The summed E-state index contributed by atoms with van der Waals surface area (Å²) >= 11 is 0. The van der Waals surface area contributed by atoms with Crippen molar-refractivity contribution in [2.45, 2.75) is 119 Å². The zero-order valence-electron chi connectivity index (χ0n) is 54.2. The largest absolute Gasteiger partial charge is 0.311 e. The Labute approximate surface area is 527 Å². The van der Waals surface area contributed by atoms with Crippen LogP contribution in [0.2, 0.25) is 0 Å². The summed E-state index contributed by atoms with van der Waals surface area (Å²) in [4.78, 5) is 7.72. The van der Waals surface area contributed by atoms with Crippen molar-refractivity contribution < 1.29 is 0 Å². The highest BCUT2D eigenvalue weighted by atomic mass is 15.2. The van der Waals surface area contributed by atoms with Gasteiger partial charge in [-0.15, -0.1) is 0 Å². The second kappa shape index (κ2) is 20.1. The fraction of sp³-hybridized carbons (Fsp3) is 0.214. The van der Waals surface area contributed by atoms with Gasteiger partial charge in [0.25, 0.3) is 6.71 Å². The molecular formula is C84H79BN4. The van der Waals surface area contributed by atoms with E-state index < -0.39 is 0 Å². The van der Waals surface area contributed by atoms with Gasteiger partial charge in [0.2, 0.25) is 0 Å². The van der Waals surface area contributed by atoms with Gasteiger partial charge in [-0.3, -0.25) is 0 Å². The molecule has 15 rings (SSSR count). The number of hydrogen-bond acceptors (Lipinski definition) is 3. The van der Waals surface area contributed by atoms with Crippen molar-refractivity contribution in [1.29, 1.82) is 0 Å². The average Bonchev–Trinajstić information content (AvgIpc) is 1.37. The van der Waals surface area contributed by atoms with Crippen LogP contribution in [0.15, 0.2) is 224 Å². The average molecular weight is 1160 g/mol. The summed E-state index contributed by atoms with van der Waals surface area (Å²) in [6, 6.07) is 86.2. The van der Waals surface area contributed by atoms with Crippen molar-refractivity contribution in [2.75, 3.05) is 14.7 Å². The first-order valence-corrected chi connectivity index (χ1v) is 32.0. The molecule has 0 atom stereocenters. The van der Waals surface area contributed by atoms with E-state index in [-0.39, 0.29) is 28.4 Å². The monoisotopic (exact) mass is 1150 g/mol. The lowest BCUT2D eigenvalue weighted by Crippen LogP contribution is -2.61. The highest BCUT2D eigenvalue weighted by molar-refractivity contribution is 7.00. The van der Waals surface area contributed by atoms with Crippen LogP contribution in [0.1, 0.15) is 121 Å². The summed E-state index contributed by atoms with van der Waals surface area (Å²) in [7, 11) is 0. The number of hydrogen-bond donors (Lipinski definition) is 0. The number of aromatic nitrogens is 1. The zero-order valence-corrected chi connectivity index (χ0v) is 54.2. The van der Waals surface area contributed by atoms with E-state index in [0.717, 1.165) is 28.4 Å². The third kappa shape index (κ3) is 9.00. The summed E-state index contributed by atoms with van der Waals surface area (Å²) in [6.45, 7) is 32.5. The maximum absolute atomic E-state index is 2.63. The van der Waals surface area contributed by atoms with E-state index >= 15 is 0 Å². The molecule has 0 fully saturated rings. The van der Waals surface area contributed by atoms with E-state index in [1.54, 1.807) is 0 Å². The van der Waals surface area contributed by atoms with Crippen LogP contribution in [0, 0.1) is 20.8 Å². The molecule has 12 aromatic rings. The maximum Gasteiger partial charge on any atom is 0.252 e. The first-order chi connectivity index (χ1) is 42.5. The molecule has 0 saturated carbocycles. The SMILES string of the molecule is Cc1cc2c3c(c1)N(c1c(C)cc(-c4ccc5c(c4)C(C)(C)c4ccccc4-5)cc1C)c1ccc(C(C)(C)C)cc1B3c1ccc(N(c3ccc(C(C)(C)C)cc3)c3ccc4c5ccccc5n(-c5ccccc5)c4c3)cc1N2c1ccc(C(C)(C)C)cc1. The lowest BCUT2D eigenvalue weighted by Gasteiger charge is -2.45. The van der Waals surface area contributed by atoms with Gasteiger partial charge in [0.1, 0.15) is 0 Å². The molecule has 0 amide bonds. The Kier molecular flexibility index (Phi) is 12.7. The second-order valence-corrected chi connectivity index (χ2v) is 29.3. The highest BCUT2D eigenvalue weighted by Gasteiger charge is 2.45. The molecule has 2 aliphatic heterocycles. The van der Waals surface area contributed by atoms with Gasteiger partial charge in [0.05, 0.1) is 16.7 Å². The van der Waals surface area contributed by atoms with Crippen LogP contribution >= 0.6 is 0 Å². The molecule has 0 N–H and O–H groups in total. The van der Waals surface area contributed by atoms with Gasteiger partial charge in [-0.2, -0.15) is 0 Å². The predicted molar refractivity (Wildman–Crippen MR) is 383 cm³/mol. The highest BCUT2D eigenvalue weighted by Crippen LogP contribution is 2.52. The van der Waals surface area contributed by atoms with Crippen molar-refractivity contribution in [3.8, 4) is 27.9 Å². The molecule has 0 bridgehead atoms.